The first-order valence-corrected chi connectivity index (χ1v) is 5.93. The number of amides is 1. The van der Waals surface area contributed by atoms with E-state index in [4.69, 9.17) is 10.5 Å². The molecule has 0 aliphatic heterocycles. The smallest absolute Gasteiger partial charge is 0.258 e. The third-order valence-corrected chi connectivity index (χ3v) is 2.70. The molecule has 1 aromatic carbocycles. The van der Waals surface area contributed by atoms with E-state index in [1.165, 1.54) is 0 Å². The van der Waals surface area contributed by atoms with Gasteiger partial charge in [0.1, 0.15) is 5.75 Å². The van der Waals surface area contributed by atoms with Crippen molar-refractivity contribution in [3.8, 4) is 5.75 Å². The lowest BCUT2D eigenvalue weighted by atomic mass is 10.1. The van der Waals surface area contributed by atoms with Crippen molar-refractivity contribution in [3.05, 3.63) is 29.8 Å². The first-order valence-electron chi connectivity index (χ1n) is 5.93. The van der Waals surface area contributed by atoms with Gasteiger partial charge < -0.3 is 15.8 Å². The lowest BCUT2D eigenvalue weighted by molar-refractivity contribution is -0.123. The van der Waals surface area contributed by atoms with Crippen LogP contribution in [0.15, 0.2) is 24.3 Å². The van der Waals surface area contributed by atoms with Crippen molar-refractivity contribution >= 4 is 5.91 Å². The molecule has 0 bridgehead atoms. The second-order valence-corrected chi connectivity index (χ2v) is 4.49. The Morgan fingerprint density at radius 1 is 1.59 bits per heavy atom. The van der Waals surface area contributed by atoms with Gasteiger partial charge in [0.25, 0.3) is 5.91 Å². The fraction of sp³-hybridized carbons (Fsp3) is 0.462. The Kier molecular flexibility index (Phi) is 3.64. The van der Waals surface area contributed by atoms with Crippen LogP contribution >= 0.6 is 0 Å². The highest BCUT2D eigenvalue weighted by molar-refractivity contribution is 5.78. The lowest BCUT2D eigenvalue weighted by Crippen LogP contribution is -2.30. The average molecular weight is 234 g/mol. The van der Waals surface area contributed by atoms with Crippen LogP contribution < -0.4 is 15.8 Å². The molecule has 2 rings (SSSR count). The molecule has 0 heterocycles. The van der Waals surface area contributed by atoms with Crippen molar-refractivity contribution in [3.63, 3.8) is 0 Å². The standard InChI is InChI=1S/C13H18N2O2/c1-9(14)10-3-2-4-12(7-10)17-8-13(16)15-11-5-6-11/h2-4,7,9,11H,5-6,8,14H2,1H3,(H,15,16). The largest absolute Gasteiger partial charge is 0.484 e. The third kappa shape index (κ3) is 3.75. The van der Waals surface area contributed by atoms with Crippen molar-refractivity contribution < 1.29 is 9.53 Å². The van der Waals surface area contributed by atoms with Gasteiger partial charge in [-0.3, -0.25) is 4.79 Å². The number of nitrogens with one attached hydrogen (secondary N) is 1. The second-order valence-electron chi connectivity index (χ2n) is 4.49. The summed E-state index contributed by atoms with van der Waals surface area (Å²) >= 11 is 0. The van der Waals surface area contributed by atoms with E-state index in [9.17, 15) is 4.79 Å². The maximum absolute atomic E-state index is 11.4. The van der Waals surface area contributed by atoms with Gasteiger partial charge in [0, 0.05) is 12.1 Å². The van der Waals surface area contributed by atoms with Gasteiger partial charge in [-0.25, -0.2) is 0 Å². The molecule has 0 spiro atoms. The predicted molar refractivity (Wildman–Crippen MR) is 65.7 cm³/mol. The highest BCUT2D eigenvalue weighted by atomic mass is 16.5. The van der Waals surface area contributed by atoms with Crippen molar-refractivity contribution in [1.29, 1.82) is 0 Å². The van der Waals surface area contributed by atoms with Gasteiger partial charge in [0.15, 0.2) is 6.61 Å². The van der Waals surface area contributed by atoms with E-state index < -0.39 is 0 Å². The minimum absolute atomic E-state index is 0.0289. The molecule has 0 radical (unpaired) electrons. The molecule has 4 nitrogen and oxygen atoms in total. The van der Waals surface area contributed by atoms with E-state index in [0.717, 1.165) is 18.4 Å². The van der Waals surface area contributed by atoms with E-state index in [1.54, 1.807) is 0 Å². The van der Waals surface area contributed by atoms with Crippen molar-refractivity contribution in [2.45, 2.75) is 31.8 Å². The molecule has 1 aromatic rings. The summed E-state index contributed by atoms with van der Waals surface area (Å²) in [6, 6.07) is 7.88. The predicted octanol–water partition coefficient (Wildman–Crippen LogP) is 1.36. The minimum Gasteiger partial charge on any atom is -0.484 e. The zero-order valence-electron chi connectivity index (χ0n) is 9.98. The normalized spacial score (nSPS) is 16.4. The minimum atomic E-state index is -0.0568. The average Bonchev–Trinajstić information content (AvgIpc) is 3.11. The highest BCUT2D eigenvalue weighted by Crippen LogP contribution is 2.19. The Hall–Kier alpha value is -1.55. The van der Waals surface area contributed by atoms with Crippen molar-refractivity contribution in [2.75, 3.05) is 6.61 Å². The maximum Gasteiger partial charge on any atom is 0.258 e. The number of benzene rings is 1. The number of rotatable bonds is 5. The summed E-state index contributed by atoms with van der Waals surface area (Å²) in [5, 5.41) is 2.87. The Bertz CT molecular complexity index is 400. The molecule has 1 atom stereocenters. The van der Waals surface area contributed by atoms with Crippen LogP contribution in [0.25, 0.3) is 0 Å². The molecule has 1 aliphatic rings. The van der Waals surface area contributed by atoms with E-state index >= 15 is 0 Å². The molecule has 3 N–H and O–H groups in total. The van der Waals surface area contributed by atoms with E-state index in [0.29, 0.717) is 11.8 Å². The Morgan fingerprint density at radius 3 is 3.00 bits per heavy atom. The van der Waals surface area contributed by atoms with Crippen LogP contribution in [0.2, 0.25) is 0 Å². The molecular formula is C13H18N2O2. The summed E-state index contributed by atoms with van der Waals surface area (Å²) in [6.45, 7) is 1.98. The van der Waals surface area contributed by atoms with Gasteiger partial charge in [0.2, 0.25) is 0 Å². The zero-order chi connectivity index (χ0) is 12.3. The first-order chi connectivity index (χ1) is 8.15. The van der Waals surface area contributed by atoms with E-state index in [1.807, 2.05) is 31.2 Å². The van der Waals surface area contributed by atoms with Crippen LogP contribution in [0, 0.1) is 0 Å². The molecule has 0 saturated heterocycles. The molecule has 1 saturated carbocycles. The van der Waals surface area contributed by atoms with E-state index in [2.05, 4.69) is 5.32 Å². The monoisotopic (exact) mass is 234 g/mol. The van der Waals surface area contributed by atoms with Gasteiger partial charge >= 0.3 is 0 Å². The summed E-state index contributed by atoms with van der Waals surface area (Å²) in [5.74, 6) is 0.629. The molecule has 1 aliphatic carbocycles. The number of hydrogen-bond donors (Lipinski definition) is 2. The lowest BCUT2D eigenvalue weighted by Gasteiger charge is -2.10. The summed E-state index contributed by atoms with van der Waals surface area (Å²) in [5.41, 5.74) is 6.78. The van der Waals surface area contributed by atoms with Gasteiger partial charge in [-0.05, 0) is 37.5 Å². The fourth-order valence-corrected chi connectivity index (χ4v) is 1.53. The molecule has 4 heteroatoms. The van der Waals surface area contributed by atoms with Gasteiger partial charge in [0.05, 0.1) is 0 Å². The van der Waals surface area contributed by atoms with Crippen LogP contribution in [0.3, 0.4) is 0 Å². The number of ether oxygens (including phenoxy) is 1. The van der Waals surface area contributed by atoms with Crippen LogP contribution in [0.4, 0.5) is 0 Å². The first kappa shape index (κ1) is 11.9. The van der Waals surface area contributed by atoms with E-state index in [-0.39, 0.29) is 18.6 Å². The molecular weight excluding hydrogens is 216 g/mol. The Balaban J connectivity index is 1.84. The fourth-order valence-electron chi connectivity index (χ4n) is 1.53. The SMILES string of the molecule is CC(N)c1cccc(OCC(=O)NC2CC2)c1. The van der Waals surface area contributed by atoms with Crippen molar-refractivity contribution in [2.24, 2.45) is 5.73 Å². The molecule has 17 heavy (non-hydrogen) atoms. The summed E-state index contributed by atoms with van der Waals surface area (Å²) < 4.78 is 5.42. The topological polar surface area (TPSA) is 64.3 Å². The van der Waals surface area contributed by atoms with Crippen LogP contribution in [0.5, 0.6) is 5.75 Å². The highest BCUT2D eigenvalue weighted by Gasteiger charge is 2.23. The third-order valence-electron chi connectivity index (χ3n) is 2.70. The number of carbonyl (C=O) groups excluding carboxylic acids is 1. The second kappa shape index (κ2) is 5.19. The van der Waals surface area contributed by atoms with Crippen LogP contribution in [-0.2, 0) is 4.79 Å². The van der Waals surface area contributed by atoms with Gasteiger partial charge in [-0.1, -0.05) is 12.1 Å². The number of carbonyl (C=O) groups is 1. The number of hydrogen-bond acceptors (Lipinski definition) is 3. The summed E-state index contributed by atoms with van der Waals surface area (Å²) in [6.07, 6.45) is 2.18. The Labute approximate surface area is 101 Å². The maximum atomic E-state index is 11.4. The van der Waals surface area contributed by atoms with Crippen molar-refractivity contribution in [1.82, 2.24) is 5.32 Å². The van der Waals surface area contributed by atoms with Gasteiger partial charge in [-0.15, -0.1) is 0 Å². The molecule has 1 amide bonds. The Morgan fingerprint density at radius 2 is 2.35 bits per heavy atom. The molecule has 1 unspecified atom stereocenters. The molecule has 0 aromatic heterocycles. The number of nitrogens with two attached hydrogens (primary N) is 1. The quantitative estimate of drug-likeness (QED) is 0.808. The van der Waals surface area contributed by atoms with Crippen LogP contribution in [-0.4, -0.2) is 18.6 Å². The molecule has 92 valence electrons. The van der Waals surface area contributed by atoms with Gasteiger partial charge in [-0.2, -0.15) is 0 Å². The van der Waals surface area contributed by atoms with Crippen LogP contribution in [0.1, 0.15) is 31.4 Å². The summed E-state index contributed by atoms with van der Waals surface area (Å²) in [4.78, 5) is 11.4. The molecule has 1 fully saturated rings. The zero-order valence-corrected chi connectivity index (χ0v) is 9.98. The summed E-state index contributed by atoms with van der Waals surface area (Å²) in [7, 11) is 0.